The van der Waals surface area contributed by atoms with E-state index < -0.39 is 23.2 Å². The second-order valence-corrected chi connectivity index (χ2v) is 8.10. The number of piperidine rings is 1. The molecule has 2 aliphatic rings. The lowest BCUT2D eigenvalue weighted by Crippen LogP contribution is -2.45. The number of fused-ring (bicyclic) bond motifs is 1. The van der Waals surface area contributed by atoms with E-state index in [9.17, 15) is 14.7 Å². The fraction of sp³-hybridized carbons (Fsp3) is 0.600. The number of rotatable bonds is 6. The van der Waals surface area contributed by atoms with Crippen molar-refractivity contribution in [3.8, 4) is 5.75 Å². The molecule has 0 bridgehead atoms. The molecule has 2 heterocycles. The van der Waals surface area contributed by atoms with E-state index in [1.807, 2.05) is 4.90 Å². The van der Waals surface area contributed by atoms with Crippen molar-refractivity contribution in [2.24, 2.45) is 5.92 Å². The first-order valence-corrected chi connectivity index (χ1v) is 10.3. The van der Waals surface area contributed by atoms with Crippen molar-refractivity contribution in [2.45, 2.75) is 44.2 Å². The molecule has 0 spiro atoms. The van der Waals surface area contributed by atoms with Gasteiger partial charge in [-0.25, -0.2) is 9.18 Å². The summed E-state index contributed by atoms with van der Waals surface area (Å²) in [6.45, 7) is 0.882. The number of nitrogens with zero attached hydrogens (tertiary/aromatic N) is 3. The second-order valence-electron chi connectivity index (χ2n) is 8.10. The summed E-state index contributed by atoms with van der Waals surface area (Å²) in [5, 5.41) is 19.2. The van der Waals surface area contributed by atoms with Gasteiger partial charge in [0.25, 0.3) is 5.56 Å². The zero-order valence-electron chi connectivity index (χ0n) is 16.9. The first-order valence-electron chi connectivity index (χ1n) is 10.3. The molecule has 30 heavy (non-hydrogen) atoms. The highest BCUT2D eigenvalue weighted by Gasteiger charge is 2.33. The monoisotopic (exact) mass is 422 g/mol. The molecule has 4 rings (SSSR count). The largest absolute Gasteiger partial charge is 0.492 e. The van der Waals surface area contributed by atoms with E-state index in [0.29, 0.717) is 37.0 Å². The molecule has 1 aromatic carbocycles. The minimum Gasteiger partial charge on any atom is -0.492 e. The van der Waals surface area contributed by atoms with E-state index in [0.717, 1.165) is 18.9 Å². The molecule has 2 aromatic rings. The average molecular weight is 422 g/mol. The Morgan fingerprint density at radius 3 is 2.50 bits per heavy atom. The number of aromatic nitrogens is 2. The molecule has 1 atom stereocenters. The molecule has 1 unspecified atom stereocenters. The lowest BCUT2D eigenvalue weighted by atomic mass is 9.89. The predicted molar refractivity (Wildman–Crippen MR) is 110 cm³/mol. The van der Waals surface area contributed by atoms with Crippen LogP contribution in [0.1, 0.15) is 38.1 Å². The molecule has 10 heteroatoms. The van der Waals surface area contributed by atoms with Gasteiger partial charge in [0.2, 0.25) is 0 Å². The van der Waals surface area contributed by atoms with Crippen molar-refractivity contribution in [3.63, 3.8) is 0 Å². The van der Waals surface area contributed by atoms with E-state index in [-0.39, 0.29) is 40.9 Å². The number of aliphatic hydroxyl groups excluding tert-OH is 2. The summed E-state index contributed by atoms with van der Waals surface area (Å²) in [5.74, 6) is 5.22. The van der Waals surface area contributed by atoms with Gasteiger partial charge in [0.1, 0.15) is 11.2 Å². The van der Waals surface area contributed by atoms with Gasteiger partial charge in [0.05, 0.1) is 18.6 Å². The van der Waals surface area contributed by atoms with E-state index in [4.69, 9.17) is 15.7 Å². The lowest BCUT2D eigenvalue weighted by Gasteiger charge is -2.36. The highest BCUT2D eigenvalue weighted by molar-refractivity contribution is 5.91. The van der Waals surface area contributed by atoms with Crippen LogP contribution < -0.4 is 26.7 Å². The third-order valence-corrected chi connectivity index (χ3v) is 6.23. The van der Waals surface area contributed by atoms with Crippen molar-refractivity contribution >= 4 is 16.6 Å². The molecule has 1 saturated heterocycles. The molecule has 1 aromatic heterocycles. The summed E-state index contributed by atoms with van der Waals surface area (Å²) in [5.41, 5.74) is -0.920. The maximum atomic E-state index is 15.2. The van der Waals surface area contributed by atoms with Gasteiger partial charge in [0, 0.05) is 25.7 Å². The van der Waals surface area contributed by atoms with Crippen LogP contribution in [-0.2, 0) is 0 Å². The van der Waals surface area contributed by atoms with Gasteiger partial charge in [-0.1, -0.05) is 0 Å². The molecule has 1 aliphatic heterocycles. The number of aliphatic hydroxyl groups is 2. The number of methoxy groups -OCH3 is 1. The van der Waals surface area contributed by atoms with Crippen LogP contribution in [0, 0.1) is 11.7 Å². The van der Waals surface area contributed by atoms with Crippen LogP contribution in [0.25, 0.3) is 10.9 Å². The summed E-state index contributed by atoms with van der Waals surface area (Å²) >= 11 is 0. The summed E-state index contributed by atoms with van der Waals surface area (Å²) in [4.78, 5) is 27.1. The van der Waals surface area contributed by atoms with Crippen molar-refractivity contribution in [1.82, 2.24) is 9.24 Å². The van der Waals surface area contributed by atoms with E-state index >= 15 is 4.39 Å². The zero-order chi connectivity index (χ0) is 21.6. The standard InChI is InChI=1S/C20H27FN4O5/c1-30-18-16-13(19(28)25(22)20(29)24(16)12-2-3-12)10-14(21)17(18)23-7-4-11(5-8-23)15(27)6-9-26/h10-12,15,26-27H,2-9,22H2,1H3. The van der Waals surface area contributed by atoms with Gasteiger partial charge in [-0.2, -0.15) is 4.68 Å². The molecule has 4 N–H and O–H groups in total. The smallest absolute Gasteiger partial charge is 0.350 e. The SMILES string of the molecule is COc1c(N2CCC(C(O)CCO)CC2)c(F)cc2c(=O)n(N)c(=O)n(C3CC3)c12. The highest BCUT2D eigenvalue weighted by atomic mass is 19.1. The zero-order valence-corrected chi connectivity index (χ0v) is 16.9. The molecule has 0 amide bonds. The van der Waals surface area contributed by atoms with E-state index in [2.05, 4.69) is 0 Å². The molecule has 9 nitrogen and oxygen atoms in total. The summed E-state index contributed by atoms with van der Waals surface area (Å²) < 4.78 is 22.7. The van der Waals surface area contributed by atoms with Gasteiger partial charge < -0.3 is 25.7 Å². The predicted octanol–water partition coefficient (Wildman–Crippen LogP) is 0.319. The average Bonchev–Trinajstić information content (AvgIpc) is 3.57. The number of hydrogen-bond donors (Lipinski definition) is 3. The van der Waals surface area contributed by atoms with Crippen LogP contribution in [0.5, 0.6) is 5.75 Å². The maximum absolute atomic E-state index is 15.2. The topological polar surface area (TPSA) is 123 Å². The molecular weight excluding hydrogens is 395 g/mol. The van der Waals surface area contributed by atoms with Gasteiger partial charge >= 0.3 is 5.69 Å². The van der Waals surface area contributed by atoms with E-state index in [1.54, 1.807) is 0 Å². The van der Waals surface area contributed by atoms with Crippen LogP contribution in [0.3, 0.4) is 0 Å². The number of nitrogens with two attached hydrogens (primary N) is 1. The van der Waals surface area contributed by atoms with Crippen molar-refractivity contribution in [3.05, 3.63) is 32.7 Å². The fourth-order valence-corrected chi connectivity index (χ4v) is 4.47. The minimum atomic E-state index is -0.763. The molecule has 1 aliphatic carbocycles. The van der Waals surface area contributed by atoms with Crippen molar-refractivity contribution < 1.29 is 19.3 Å². The number of hydrogen-bond acceptors (Lipinski definition) is 7. The Labute approximate surface area is 172 Å². The Balaban J connectivity index is 1.81. The number of ether oxygens (including phenoxy) is 1. The van der Waals surface area contributed by atoms with Gasteiger partial charge in [-0.3, -0.25) is 9.36 Å². The lowest BCUT2D eigenvalue weighted by molar-refractivity contribution is 0.0670. The molecule has 0 radical (unpaired) electrons. The quantitative estimate of drug-likeness (QED) is 0.573. The van der Waals surface area contributed by atoms with Crippen molar-refractivity contribution in [1.29, 1.82) is 0 Å². The highest BCUT2D eigenvalue weighted by Crippen LogP contribution is 2.43. The van der Waals surface area contributed by atoms with Gasteiger partial charge in [-0.05, 0) is 44.1 Å². The Morgan fingerprint density at radius 1 is 1.27 bits per heavy atom. The Morgan fingerprint density at radius 2 is 1.93 bits per heavy atom. The number of nitrogen functional groups attached to an aromatic ring is 1. The first-order chi connectivity index (χ1) is 14.4. The minimum absolute atomic E-state index is 0.00959. The van der Waals surface area contributed by atoms with Gasteiger partial charge in [0.15, 0.2) is 11.6 Å². The van der Waals surface area contributed by atoms with Crippen LogP contribution in [0.4, 0.5) is 10.1 Å². The third kappa shape index (κ3) is 3.33. The van der Waals surface area contributed by atoms with Crippen LogP contribution >= 0.6 is 0 Å². The fourth-order valence-electron chi connectivity index (χ4n) is 4.47. The Bertz CT molecular complexity index is 1070. The summed E-state index contributed by atoms with van der Waals surface area (Å²) in [6.07, 6.45) is 2.53. The maximum Gasteiger partial charge on any atom is 0.350 e. The summed E-state index contributed by atoms with van der Waals surface area (Å²) in [6, 6.07) is 1.03. The first kappa shape index (κ1) is 20.7. The Hall–Kier alpha value is -2.59. The van der Waals surface area contributed by atoms with Crippen LogP contribution in [-0.4, -0.2) is 52.4 Å². The number of benzene rings is 1. The molecule has 1 saturated carbocycles. The number of halogens is 1. The Kier molecular flexibility index (Phi) is 5.46. The molecule has 164 valence electrons. The third-order valence-electron chi connectivity index (χ3n) is 6.23. The van der Waals surface area contributed by atoms with Crippen LogP contribution in [0.2, 0.25) is 0 Å². The van der Waals surface area contributed by atoms with E-state index in [1.165, 1.54) is 11.7 Å². The normalized spacial score (nSPS) is 18.7. The van der Waals surface area contributed by atoms with Gasteiger partial charge in [-0.15, -0.1) is 0 Å². The van der Waals surface area contributed by atoms with Crippen LogP contribution in [0.15, 0.2) is 15.7 Å². The molecule has 2 fully saturated rings. The summed E-state index contributed by atoms with van der Waals surface area (Å²) in [7, 11) is 1.39. The van der Waals surface area contributed by atoms with Crippen molar-refractivity contribution in [2.75, 3.05) is 37.5 Å². The second kappa shape index (κ2) is 7.92. The molecular formula is C20H27FN4O5. The number of anilines is 1.